The second-order valence-electron chi connectivity index (χ2n) is 4.04. The van der Waals surface area contributed by atoms with E-state index in [-0.39, 0.29) is 6.61 Å². The van der Waals surface area contributed by atoms with Gasteiger partial charge in [-0.05, 0) is 25.7 Å². The standard InChI is InChI=1S/C10H21NO2/c1-8(7-12)6-11-9(2)10-4-3-5-13-10/h8-12H,3-7H2,1-2H3. The Morgan fingerprint density at radius 2 is 2.31 bits per heavy atom. The Hall–Kier alpha value is -0.120. The Bertz CT molecular complexity index is 135. The lowest BCUT2D eigenvalue weighted by Gasteiger charge is -2.21. The Morgan fingerprint density at radius 3 is 2.85 bits per heavy atom. The number of rotatable bonds is 5. The van der Waals surface area contributed by atoms with Crippen molar-refractivity contribution in [2.24, 2.45) is 5.92 Å². The molecule has 0 spiro atoms. The highest BCUT2D eigenvalue weighted by Crippen LogP contribution is 2.15. The highest BCUT2D eigenvalue weighted by atomic mass is 16.5. The summed E-state index contributed by atoms with van der Waals surface area (Å²) in [4.78, 5) is 0. The molecule has 0 amide bonds. The van der Waals surface area contributed by atoms with E-state index in [0.717, 1.165) is 13.2 Å². The number of nitrogens with one attached hydrogen (secondary N) is 1. The highest BCUT2D eigenvalue weighted by molar-refractivity contribution is 4.77. The molecule has 1 heterocycles. The Morgan fingerprint density at radius 1 is 1.54 bits per heavy atom. The van der Waals surface area contributed by atoms with E-state index in [2.05, 4.69) is 12.2 Å². The van der Waals surface area contributed by atoms with Crippen molar-refractivity contribution in [2.45, 2.75) is 38.8 Å². The van der Waals surface area contributed by atoms with E-state index >= 15 is 0 Å². The minimum atomic E-state index is 0.255. The van der Waals surface area contributed by atoms with E-state index in [1.807, 2.05) is 6.92 Å². The van der Waals surface area contributed by atoms with Crippen LogP contribution in [0.2, 0.25) is 0 Å². The summed E-state index contributed by atoms with van der Waals surface area (Å²) >= 11 is 0. The van der Waals surface area contributed by atoms with Crippen LogP contribution in [0.4, 0.5) is 0 Å². The molecule has 0 aromatic heterocycles. The minimum absolute atomic E-state index is 0.255. The van der Waals surface area contributed by atoms with E-state index in [4.69, 9.17) is 9.84 Å². The summed E-state index contributed by atoms with van der Waals surface area (Å²) in [6.07, 6.45) is 2.74. The molecule has 1 aliphatic rings. The molecule has 0 radical (unpaired) electrons. The van der Waals surface area contributed by atoms with Crippen molar-refractivity contribution < 1.29 is 9.84 Å². The molecule has 0 aromatic rings. The van der Waals surface area contributed by atoms with Gasteiger partial charge in [0, 0.05) is 25.8 Å². The van der Waals surface area contributed by atoms with Crippen molar-refractivity contribution in [3.63, 3.8) is 0 Å². The fourth-order valence-corrected chi connectivity index (χ4v) is 1.58. The molecule has 78 valence electrons. The van der Waals surface area contributed by atoms with Crippen molar-refractivity contribution in [3.05, 3.63) is 0 Å². The van der Waals surface area contributed by atoms with Crippen LogP contribution < -0.4 is 5.32 Å². The lowest BCUT2D eigenvalue weighted by molar-refractivity contribution is 0.0812. The second kappa shape index (κ2) is 5.58. The third kappa shape index (κ3) is 3.63. The average molecular weight is 187 g/mol. The first kappa shape index (κ1) is 11.0. The van der Waals surface area contributed by atoms with Gasteiger partial charge in [-0.25, -0.2) is 0 Å². The predicted molar refractivity (Wildman–Crippen MR) is 52.7 cm³/mol. The summed E-state index contributed by atoms with van der Waals surface area (Å²) in [5, 5.41) is 12.2. The molecule has 3 nitrogen and oxygen atoms in total. The van der Waals surface area contributed by atoms with Crippen molar-refractivity contribution in [3.8, 4) is 0 Å². The number of ether oxygens (including phenoxy) is 1. The molecule has 3 unspecified atom stereocenters. The van der Waals surface area contributed by atoms with Gasteiger partial charge in [0.2, 0.25) is 0 Å². The van der Waals surface area contributed by atoms with Gasteiger partial charge in [-0.3, -0.25) is 0 Å². The third-order valence-electron chi connectivity index (χ3n) is 2.62. The molecule has 13 heavy (non-hydrogen) atoms. The van der Waals surface area contributed by atoms with Gasteiger partial charge in [-0.15, -0.1) is 0 Å². The molecule has 2 N–H and O–H groups in total. The van der Waals surface area contributed by atoms with E-state index < -0.39 is 0 Å². The van der Waals surface area contributed by atoms with E-state index in [0.29, 0.717) is 18.1 Å². The first-order valence-corrected chi connectivity index (χ1v) is 5.20. The van der Waals surface area contributed by atoms with E-state index in [9.17, 15) is 0 Å². The molecule has 1 rings (SSSR count). The average Bonchev–Trinajstić information content (AvgIpc) is 2.66. The molecule has 3 atom stereocenters. The molecule has 1 aliphatic heterocycles. The van der Waals surface area contributed by atoms with E-state index in [1.54, 1.807) is 0 Å². The molecule has 0 aromatic carbocycles. The summed E-state index contributed by atoms with van der Waals surface area (Å²) in [6, 6.07) is 0.413. The molecular weight excluding hydrogens is 166 g/mol. The number of aliphatic hydroxyl groups excluding tert-OH is 1. The topological polar surface area (TPSA) is 41.5 Å². The van der Waals surface area contributed by atoms with Gasteiger partial charge in [-0.2, -0.15) is 0 Å². The van der Waals surface area contributed by atoms with Crippen LogP contribution in [-0.4, -0.2) is 37.0 Å². The maximum absolute atomic E-state index is 8.84. The fourth-order valence-electron chi connectivity index (χ4n) is 1.58. The van der Waals surface area contributed by atoms with Crippen LogP contribution in [0.15, 0.2) is 0 Å². The number of hydrogen-bond donors (Lipinski definition) is 2. The van der Waals surface area contributed by atoms with Gasteiger partial charge in [0.1, 0.15) is 0 Å². The first-order valence-electron chi connectivity index (χ1n) is 5.20. The van der Waals surface area contributed by atoms with Gasteiger partial charge < -0.3 is 15.2 Å². The smallest absolute Gasteiger partial charge is 0.0726 e. The van der Waals surface area contributed by atoms with Crippen LogP contribution >= 0.6 is 0 Å². The van der Waals surface area contributed by atoms with Crippen molar-refractivity contribution >= 4 is 0 Å². The number of aliphatic hydroxyl groups is 1. The normalized spacial score (nSPS) is 27.5. The summed E-state index contributed by atoms with van der Waals surface area (Å²) in [5.41, 5.74) is 0. The van der Waals surface area contributed by atoms with Gasteiger partial charge in [0.25, 0.3) is 0 Å². The molecule has 0 saturated carbocycles. The number of hydrogen-bond acceptors (Lipinski definition) is 3. The molecule has 1 saturated heterocycles. The predicted octanol–water partition coefficient (Wildman–Crippen LogP) is 0.772. The zero-order chi connectivity index (χ0) is 9.68. The third-order valence-corrected chi connectivity index (χ3v) is 2.62. The van der Waals surface area contributed by atoms with Crippen molar-refractivity contribution in [2.75, 3.05) is 19.8 Å². The van der Waals surface area contributed by atoms with Crippen LogP contribution in [0, 0.1) is 5.92 Å². The summed E-state index contributed by atoms with van der Waals surface area (Å²) in [6.45, 7) is 6.23. The quantitative estimate of drug-likeness (QED) is 0.668. The lowest BCUT2D eigenvalue weighted by Crippen LogP contribution is -2.39. The van der Waals surface area contributed by atoms with Crippen LogP contribution in [0.25, 0.3) is 0 Å². The highest BCUT2D eigenvalue weighted by Gasteiger charge is 2.21. The maximum atomic E-state index is 8.84. The molecule has 0 bridgehead atoms. The Labute approximate surface area is 80.5 Å². The van der Waals surface area contributed by atoms with Crippen LogP contribution in [0.5, 0.6) is 0 Å². The maximum Gasteiger partial charge on any atom is 0.0726 e. The lowest BCUT2D eigenvalue weighted by atomic mass is 10.1. The van der Waals surface area contributed by atoms with Crippen LogP contribution in [0.1, 0.15) is 26.7 Å². The molecular formula is C10H21NO2. The molecule has 1 fully saturated rings. The van der Waals surface area contributed by atoms with Gasteiger partial charge in [0.15, 0.2) is 0 Å². The minimum Gasteiger partial charge on any atom is -0.396 e. The Balaban J connectivity index is 2.12. The summed E-state index contributed by atoms with van der Waals surface area (Å²) in [5.74, 6) is 0.337. The zero-order valence-electron chi connectivity index (χ0n) is 8.62. The SMILES string of the molecule is CC(CO)CNC(C)C1CCCO1. The first-order chi connectivity index (χ1) is 6.24. The molecule has 0 aliphatic carbocycles. The van der Waals surface area contributed by atoms with Gasteiger partial charge >= 0.3 is 0 Å². The van der Waals surface area contributed by atoms with Crippen molar-refractivity contribution in [1.82, 2.24) is 5.32 Å². The monoisotopic (exact) mass is 187 g/mol. The zero-order valence-corrected chi connectivity index (χ0v) is 8.62. The van der Waals surface area contributed by atoms with Crippen LogP contribution in [0.3, 0.4) is 0 Å². The second-order valence-corrected chi connectivity index (χ2v) is 4.04. The van der Waals surface area contributed by atoms with Gasteiger partial charge in [0.05, 0.1) is 6.10 Å². The van der Waals surface area contributed by atoms with Crippen LogP contribution in [-0.2, 0) is 4.74 Å². The largest absolute Gasteiger partial charge is 0.396 e. The molecule has 3 heteroatoms. The summed E-state index contributed by atoms with van der Waals surface area (Å²) < 4.78 is 5.56. The van der Waals surface area contributed by atoms with Gasteiger partial charge in [-0.1, -0.05) is 6.92 Å². The Kier molecular flexibility index (Phi) is 4.70. The summed E-state index contributed by atoms with van der Waals surface area (Å²) in [7, 11) is 0. The fraction of sp³-hybridized carbons (Fsp3) is 1.00. The van der Waals surface area contributed by atoms with Crippen molar-refractivity contribution in [1.29, 1.82) is 0 Å². The van der Waals surface area contributed by atoms with E-state index in [1.165, 1.54) is 12.8 Å².